The Morgan fingerprint density at radius 1 is 1.00 bits per heavy atom. The summed E-state index contributed by atoms with van der Waals surface area (Å²) in [7, 11) is 0. The van der Waals surface area contributed by atoms with Crippen LogP contribution >= 0.6 is 0 Å². The fourth-order valence-electron chi connectivity index (χ4n) is 4.19. The largest absolute Gasteiger partial charge is 0.335 e. The summed E-state index contributed by atoms with van der Waals surface area (Å²) in [5.41, 5.74) is 4.41. The van der Waals surface area contributed by atoms with E-state index >= 15 is 0 Å². The second kappa shape index (κ2) is 7.55. The van der Waals surface area contributed by atoms with E-state index in [1.807, 2.05) is 34.1 Å². The van der Waals surface area contributed by atoms with Crippen molar-refractivity contribution >= 4 is 17.5 Å². The van der Waals surface area contributed by atoms with Crippen molar-refractivity contribution in [3.8, 4) is 0 Å². The number of aryl methyl sites for hydroxylation is 1. The summed E-state index contributed by atoms with van der Waals surface area (Å²) in [6.07, 6.45) is 4.06. The Morgan fingerprint density at radius 3 is 2.41 bits per heavy atom. The standard InChI is InChI=1S/C23H26N2O2/c1-17-6-10-19(11-7-17)21-4-2-15-25(21)23(27)16-18-8-12-20(13-9-18)24-14-3-5-22(24)26/h6-13,21H,2-5,14-16H2,1H3. The van der Waals surface area contributed by atoms with Gasteiger partial charge < -0.3 is 9.80 Å². The van der Waals surface area contributed by atoms with E-state index in [0.717, 1.165) is 43.6 Å². The third-order valence-corrected chi connectivity index (χ3v) is 5.71. The number of hydrogen-bond donors (Lipinski definition) is 0. The molecule has 2 aliphatic rings. The van der Waals surface area contributed by atoms with E-state index in [1.54, 1.807) is 0 Å². The minimum absolute atomic E-state index is 0.183. The molecular weight excluding hydrogens is 336 g/mol. The highest BCUT2D eigenvalue weighted by molar-refractivity contribution is 5.95. The number of anilines is 1. The zero-order valence-electron chi connectivity index (χ0n) is 15.9. The zero-order chi connectivity index (χ0) is 18.8. The average molecular weight is 362 g/mol. The van der Waals surface area contributed by atoms with Gasteiger partial charge in [-0.05, 0) is 49.4 Å². The summed E-state index contributed by atoms with van der Waals surface area (Å²) >= 11 is 0. The van der Waals surface area contributed by atoms with Gasteiger partial charge in [0.1, 0.15) is 0 Å². The van der Waals surface area contributed by atoms with Crippen LogP contribution in [-0.2, 0) is 16.0 Å². The fourth-order valence-corrected chi connectivity index (χ4v) is 4.19. The Labute approximate surface area is 160 Å². The molecule has 2 fully saturated rings. The highest BCUT2D eigenvalue weighted by atomic mass is 16.2. The molecule has 2 amide bonds. The van der Waals surface area contributed by atoms with Crippen molar-refractivity contribution in [2.75, 3.05) is 18.0 Å². The first-order valence-electron chi connectivity index (χ1n) is 9.87. The molecule has 0 bridgehead atoms. The molecule has 2 aromatic rings. The van der Waals surface area contributed by atoms with Gasteiger partial charge in [-0.2, -0.15) is 0 Å². The predicted octanol–water partition coefficient (Wildman–Crippen LogP) is 4.03. The minimum atomic E-state index is 0.183. The quantitative estimate of drug-likeness (QED) is 0.824. The normalized spacial score (nSPS) is 19.7. The van der Waals surface area contributed by atoms with E-state index in [9.17, 15) is 9.59 Å². The molecule has 0 aliphatic carbocycles. The molecule has 0 radical (unpaired) electrons. The van der Waals surface area contributed by atoms with Crippen LogP contribution in [0.1, 0.15) is 48.4 Å². The lowest BCUT2D eigenvalue weighted by molar-refractivity contribution is -0.131. The molecule has 4 rings (SSSR count). The second-order valence-electron chi connectivity index (χ2n) is 7.65. The lowest BCUT2D eigenvalue weighted by Gasteiger charge is -2.25. The summed E-state index contributed by atoms with van der Waals surface area (Å²) in [6.45, 7) is 3.71. The topological polar surface area (TPSA) is 40.6 Å². The lowest BCUT2D eigenvalue weighted by atomic mass is 10.0. The van der Waals surface area contributed by atoms with Crippen LogP contribution < -0.4 is 4.90 Å². The van der Waals surface area contributed by atoms with Crippen LogP contribution in [0.15, 0.2) is 48.5 Å². The molecular formula is C23H26N2O2. The van der Waals surface area contributed by atoms with E-state index < -0.39 is 0 Å². The maximum atomic E-state index is 12.9. The Bertz CT molecular complexity index is 826. The molecule has 1 atom stereocenters. The van der Waals surface area contributed by atoms with Crippen LogP contribution in [0.4, 0.5) is 5.69 Å². The van der Waals surface area contributed by atoms with Gasteiger partial charge in [-0.1, -0.05) is 42.0 Å². The molecule has 2 saturated heterocycles. The summed E-state index contributed by atoms with van der Waals surface area (Å²) in [6, 6.07) is 16.6. The Kier molecular flexibility index (Phi) is 4.97. The minimum Gasteiger partial charge on any atom is -0.335 e. The van der Waals surface area contributed by atoms with Crippen LogP contribution in [0.2, 0.25) is 0 Å². The second-order valence-corrected chi connectivity index (χ2v) is 7.65. The molecule has 0 spiro atoms. The molecule has 1 unspecified atom stereocenters. The summed E-state index contributed by atoms with van der Waals surface area (Å²) in [5.74, 6) is 0.375. The molecule has 0 saturated carbocycles. The maximum absolute atomic E-state index is 12.9. The first-order chi connectivity index (χ1) is 13.1. The van der Waals surface area contributed by atoms with E-state index in [2.05, 4.69) is 31.2 Å². The lowest BCUT2D eigenvalue weighted by Crippen LogP contribution is -2.31. The number of hydrogen-bond acceptors (Lipinski definition) is 2. The van der Waals surface area contributed by atoms with Gasteiger partial charge in [-0.3, -0.25) is 9.59 Å². The third-order valence-electron chi connectivity index (χ3n) is 5.71. The zero-order valence-corrected chi connectivity index (χ0v) is 15.9. The van der Waals surface area contributed by atoms with E-state index in [-0.39, 0.29) is 17.9 Å². The van der Waals surface area contributed by atoms with Crippen molar-refractivity contribution in [3.63, 3.8) is 0 Å². The number of benzene rings is 2. The highest BCUT2D eigenvalue weighted by Crippen LogP contribution is 2.32. The molecule has 4 nitrogen and oxygen atoms in total. The first-order valence-corrected chi connectivity index (χ1v) is 9.87. The molecule has 2 aliphatic heterocycles. The molecule has 0 aromatic heterocycles. The van der Waals surface area contributed by atoms with Crippen LogP contribution in [0, 0.1) is 6.92 Å². The van der Waals surface area contributed by atoms with Crippen LogP contribution in [0.5, 0.6) is 0 Å². The van der Waals surface area contributed by atoms with Crippen molar-refractivity contribution in [2.24, 2.45) is 0 Å². The van der Waals surface area contributed by atoms with E-state index in [4.69, 9.17) is 0 Å². The van der Waals surface area contributed by atoms with Gasteiger partial charge >= 0.3 is 0 Å². The summed E-state index contributed by atoms with van der Waals surface area (Å²) in [4.78, 5) is 28.7. The van der Waals surface area contributed by atoms with Crippen LogP contribution in [0.25, 0.3) is 0 Å². The number of carbonyl (C=O) groups excluding carboxylic acids is 2. The van der Waals surface area contributed by atoms with Gasteiger partial charge in [0.05, 0.1) is 12.5 Å². The number of amides is 2. The highest BCUT2D eigenvalue weighted by Gasteiger charge is 2.29. The maximum Gasteiger partial charge on any atom is 0.227 e. The van der Waals surface area contributed by atoms with Gasteiger partial charge in [0.25, 0.3) is 0 Å². The van der Waals surface area contributed by atoms with Gasteiger partial charge in [0, 0.05) is 25.2 Å². The Balaban J connectivity index is 1.43. The van der Waals surface area contributed by atoms with E-state index in [0.29, 0.717) is 12.8 Å². The Morgan fingerprint density at radius 2 is 1.74 bits per heavy atom. The van der Waals surface area contributed by atoms with Crippen molar-refractivity contribution < 1.29 is 9.59 Å². The Hall–Kier alpha value is -2.62. The molecule has 140 valence electrons. The average Bonchev–Trinajstić information content (AvgIpc) is 3.32. The van der Waals surface area contributed by atoms with Gasteiger partial charge in [0.2, 0.25) is 11.8 Å². The number of rotatable bonds is 4. The smallest absolute Gasteiger partial charge is 0.227 e. The number of likely N-dealkylation sites (tertiary alicyclic amines) is 1. The molecule has 2 aromatic carbocycles. The molecule has 4 heteroatoms. The number of carbonyl (C=O) groups is 2. The summed E-state index contributed by atoms with van der Waals surface area (Å²) < 4.78 is 0. The summed E-state index contributed by atoms with van der Waals surface area (Å²) in [5, 5.41) is 0. The fraction of sp³-hybridized carbons (Fsp3) is 0.391. The van der Waals surface area contributed by atoms with Crippen molar-refractivity contribution in [2.45, 2.75) is 45.1 Å². The van der Waals surface area contributed by atoms with Crippen molar-refractivity contribution in [1.82, 2.24) is 4.90 Å². The van der Waals surface area contributed by atoms with Gasteiger partial charge in [-0.15, -0.1) is 0 Å². The molecule has 27 heavy (non-hydrogen) atoms. The molecule has 0 N–H and O–H groups in total. The molecule has 2 heterocycles. The SMILES string of the molecule is Cc1ccc(C2CCCN2C(=O)Cc2ccc(N3CCCC3=O)cc2)cc1. The first kappa shape index (κ1) is 17.8. The third kappa shape index (κ3) is 3.75. The van der Waals surface area contributed by atoms with Crippen molar-refractivity contribution in [3.05, 3.63) is 65.2 Å². The van der Waals surface area contributed by atoms with Gasteiger partial charge in [-0.25, -0.2) is 0 Å². The predicted molar refractivity (Wildman–Crippen MR) is 107 cm³/mol. The van der Waals surface area contributed by atoms with Crippen LogP contribution in [0.3, 0.4) is 0 Å². The number of nitrogens with zero attached hydrogens (tertiary/aromatic N) is 2. The van der Waals surface area contributed by atoms with Gasteiger partial charge in [0.15, 0.2) is 0 Å². The monoisotopic (exact) mass is 362 g/mol. The van der Waals surface area contributed by atoms with E-state index in [1.165, 1.54) is 11.1 Å². The van der Waals surface area contributed by atoms with Crippen molar-refractivity contribution in [1.29, 1.82) is 0 Å². The van der Waals surface area contributed by atoms with Crippen LogP contribution in [-0.4, -0.2) is 29.8 Å².